The number of piperidine rings is 1. The van der Waals surface area contributed by atoms with E-state index in [1.165, 1.54) is 0 Å². The summed E-state index contributed by atoms with van der Waals surface area (Å²) in [6.45, 7) is 3.89. The Morgan fingerprint density at radius 2 is 2.04 bits per heavy atom. The number of urea groups is 1. The van der Waals surface area contributed by atoms with Gasteiger partial charge in [-0.15, -0.1) is 0 Å². The first-order valence-electron chi connectivity index (χ1n) is 9.15. The predicted octanol–water partition coefficient (Wildman–Crippen LogP) is 2.57. The number of fused-ring (bicyclic) bond motifs is 4. The number of benzene rings is 1. The normalized spacial score (nSPS) is 22.2. The van der Waals surface area contributed by atoms with Crippen molar-refractivity contribution in [1.82, 2.24) is 9.80 Å². The van der Waals surface area contributed by atoms with Gasteiger partial charge in [0.15, 0.2) is 0 Å². The van der Waals surface area contributed by atoms with Gasteiger partial charge in [0.05, 0.1) is 25.8 Å². The lowest BCUT2D eigenvalue weighted by Gasteiger charge is -2.35. The molecule has 7 heteroatoms. The Labute approximate surface area is 154 Å². The van der Waals surface area contributed by atoms with Crippen molar-refractivity contribution in [3.05, 3.63) is 18.2 Å². The number of rotatable bonds is 5. The van der Waals surface area contributed by atoms with Gasteiger partial charge in [0.1, 0.15) is 11.5 Å². The zero-order chi connectivity index (χ0) is 18.7. The first-order chi connectivity index (χ1) is 12.6. The van der Waals surface area contributed by atoms with Crippen LogP contribution in [0.3, 0.4) is 0 Å². The second-order valence-corrected chi connectivity index (χ2v) is 6.86. The quantitative estimate of drug-likeness (QED) is 0.875. The average Bonchev–Trinajstić information content (AvgIpc) is 2.95. The molecule has 26 heavy (non-hydrogen) atoms. The molecule has 3 heterocycles. The number of nitrogens with zero attached hydrogens (tertiary/aromatic N) is 2. The van der Waals surface area contributed by atoms with Gasteiger partial charge in [0, 0.05) is 31.7 Å². The van der Waals surface area contributed by atoms with Crippen LogP contribution in [-0.4, -0.2) is 61.6 Å². The maximum atomic E-state index is 12.8. The highest BCUT2D eigenvalue weighted by atomic mass is 16.5. The van der Waals surface area contributed by atoms with Crippen molar-refractivity contribution in [3.63, 3.8) is 0 Å². The smallest absolute Gasteiger partial charge is 0.322 e. The number of amides is 3. The van der Waals surface area contributed by atoms with Gasteiger partial charge >= 0.3 is 6.03 Å². The standard InChI is InChI=1S/C19H27N3O4/c1-4-9-22-14-6-5-13(18(22)23)11-21(12-14)19(24)20-16-8-7-15(25-2)10-17(16)26-3/h7-8,10,13-14H,4-6,9,11-12H2,1-3H3,(H,20,24)/t13-,14+/m1/s1. The number of carbonyl (C=O) groups is 2. The molecule has 0 aromatic heterocycles. The van der Waals surface area contributed by atoms with Crippen molar-refractivity contribution in [1.29, 1.82) is 0 Å². The maximum Gasteiger partial charge on any atom is 0.322 e. The van der Waals surface area contributed by atoms with Gasteiger partial charge in [0.25, 0.3) is 0 Å². The minimum Gasteiger partial charge on any atom is -0.497 e. The summed E-state index contributed by atoms with van der Waals surface area (Å²) in [5.41, 5.74) is 0.589. The Morgan fingerprint density at radius 1 is 1.23 bits per heavy atom. The molecule has 3 amide bonds. The van der Waals surface area contributed by atoms with E-state index in [0.29, 0.717) is 30.3 Å². The average molecular weight is 361 g/mol. The molecular formula is C19H27N3O4. The monoisotopic (exact) mass is 361 g/mol. The highest BCUT2D eigenvalue weighted by Crippen LogP contribution is 2.32. The zero-order valence-electron chi connectivity index (χ0n) is 15.7. The van der Waals surface area contributed by atoms with Crippen LogP contribution in [0.15, 0.2) is 18.2 Å². The summed E-state index contributed by atoms with van der Waals surface area (Å²) in [6, 6.07) is 5.18. The Bertz CT molecular complexity index is 679. The van der Waals surface area contributed by atoms with E-state index in [-0.39, 0.29) is 23.9 Å². The summed E-state index contributed by atoms with van der Waals surface area (Å²) in [7, 11) is 3.14. The molecule has 1 N–H and O–H groups in total. The molecule has 3 fully saturated rings. The summed E-state index contributed by atoms with van der Waals surface area (Å²) in [4.78, 5) is 29.2. The van der Waals surface area contributed by atoms with Crippen molar-refractivity contribution < 1.29 is 19.1 Å². The number of anilines is 1. The van der Waals surface area contributed by atoms with E-state index >= 15 is 0 Å². The van der Waals surface area contributed by atoms with Gasteiger partial charge in [-0.25, -0.2) is 4.79 Å². The summed E-state index contributed by atoms with van der Waals surface area (Å²) in [6.07, 6.45) is 2.76. The van der Waals surface area contributed by atoms with Gasteiger partial charge in [-0.05, 0) is 31.4 Å². The highest BCUT2D eigenvalue weighted by molar-refractivity contribution is 5.92. The van der Waals surface area contributed by atoms with E-state index in [1.54, 1.807) is 37.3 Å². The molecule has 0 saturated carbocycles. The largest absolute Gasteiger partial charge is 0.497 e. The molecule has 7 nitrogen and oxygen atoms in total. The number of hydrogen-bond acceptors (Lipinski definition) is 4. The molecule has 0 spiro atoms. The minimum atomic E-state index is -0.198. The summed E-state index contributed by atoms with van der Waals surface area (Å²) in [5.74, 6) is 1.30. The van der Waals surface area contributed by atoms with Crippen LogP contribution >= 0.6 is 0 Å². The number of carbonyl (C=O) groups excluding carboxylic acids is 2. The first-order valence-corrected chi connectivity index (χ1v) is 9.15. The van der Waals surface area contributed by atoms with Crippen molar-refractivity contribution in [3.8, 4) is 11.5 Å². The van der Waals surface area contributed by atoms with E-state index in [0.717, 1.165) is 25.8 Å². The first kappa shape index (κ1) is 18.4. The number of methoxy groups -OCH3 is 2. The van der Waals surface area contributed by atoms with Gasteiger partial charge < -0.3 is 24.6 Å². The summed E-state index contributed by atoms with van der Waals surface area (Å²) < 4.78 is 10.5. The molecule has 0 radical (unpaired) electrons. The van der Waals surface area contributed by atoms with E-state index in [2.05, 4.69) is 12.2 Å². The van der Waals surface area contributed by atoms with Crippen LogP contribution in [0.5, 0.6) is 11.5 Å². The molecule has 2 atom stereocenters. The summed E-state index contributed by atoms with van der Waals surface area (Å²) in [5, 5.41) is 2.92. The van der Waals surface area contributed by atoms with Gasteiger partial charge in [-0.2, -0.15) is 0 Å². The topological polar surface area (TPSA) is 71.1 Å². The second-order valence-electron chi connectivity index (χ2n) is 6.86. The van der Waals surface area contributed by atoms with Crippen LogP contribution < -0.4 is 14.8 Å². The molecule has 1 aromatic carbocycles. The van der Waals surface area contributed by atoms with Crippen molar-refractivity contribution in [2.24, 2.45) is 5.92 Å². The van der Waals surface area contributed by atoms with E-state index in [4.69, 9.17) is 9.47 Å². The lowest BCUT2D eigenvalue weighted by atomic mass is 9.94. The predicted molar refractivity (Wildman–Crippen MR) is 98.7 cm³/mol. The van der Waals surface area contributed by atoms with E-state index < -0.39 is 0 Å². The third-order valence-corrected chi connectivity index (χ3v) is 5.20. The number of hydrogen-bond donors (Lipinski definition) is 1. The third-order valence-electron chi connectivity index (χ3n) is 5.20. The fourth-order valence-corrected chi connectivity index (χ4v) is 3.84. The number of nitrogens with one attached hydrogen (secondary N) is 1. The van der Waals surface area contributed by atoms with Crippen molar-refractivity contribution in [2.45, 2.75) is 32.2 Å². The van der Waals surface area contributed by atoms with Crippen LogP contribution in [0.25, 0.3) is 0 Å². The fraction of sp³-hybridized carbons (Fsp3) is 0.579. The van der Waals surface area contributed by atoms with Crippen LogP contribution in [0.2, 0.25) is 0 Å². The molecule has 3 saturated heterocycles. The van der Waals surface area contributed by atoms with E-state index in [9.17, 15) is 9.59 Å². The molecule has 0 aliphatic carbocycles. The van der Waals surface area contributed by atoms with E-state index in [1.807, 2.05) is 4.90 Å². The fourth-order valence-electron chi connectivity index (χ4n) is 3.84. The van der Waals surface area contributed by atoms with Crippen molar-refractivity contribution in [2.75, 3.05) is 39.2 Å². The Hall–Kier alpha value is -2.44. The number of ether oxygens (including phenoxy) is 2. The lowest BCUT2D eigenvalue weighted by molar-refractivity contribution is -0.139. The zero-order valence-corrected chi connectivity index (χ0v) is 15.7. The molecule has 4 rings (SSSR count). The minimum absolute atomic E-state index is 0.0937. The van der Waals surface area contributed by atoms with Crippen LogP contribution in [0, 0.1) is 5.92 Å². The van der Waals surface area contributed by atoms with Crippen LogP contribution in [0.1, 0.15) is 26.2 Å². The third kappa shape index (κ3) is 3.57. The molecule has 3 aliphatic rings. The molecule has 0 unspecified atom stereocenters. The van der Waals surface area contributed by atoms with Gasteiger partial charge in [-0.3, -0.25) is 4.79 Å². The Morgan fingerprint density at radius 3 is 2.73 bits per heavy atom. The Kier molecular flexibility index (Phi) is 5.54. The maximum absolute atomic E-state index is 12.8. The summed E-state index contributed by atoms with van der Waals surface area (Å²) >= 11 is 0. The second kappa shape index (κ2) is 7.85. The van der Waals surface area contributed by atoms with Crippen LogP contribution in [0.4, 0.5) is 10.5 Å². The SMILES string of the molecule is CCCN1C(=O)[C@@H]2CC[C@H]1CN(C(=O)Nc1ccc(OC)cc1OC)C2. The molecule has 2 bridgehead atoms. The molecular weight excluding hydrogens is 334 g/mol. The lowest BCUT2D eigenvalue weighted by Crippen LogP contribution is -2.48. The Balaban J connectivity index is 1.74. The molecule has 142 valence electrons. The van der Waals surface area contributed by atoms with Gasteiger partial charge in [0.2, 0.25) is 5.91 Å². The van der Waals surface area contributed by atoms with Crippen LogP contribution in [-0.2, 0) is 4.79 Å². The molecule has 3 aliphatic heterocycles. The van der Waals surface area contributed by atoms with Crippen molar-refractivity contribution >= 4 is 17.6 Å². The van der Waals surface area contributed by atoms with Gasteiger partial charge in [-0.1, -0.05) is 6.92 Å². The highest BCUT2D eigenvalue weighted by Gasteiger charge is 2.41. The molecule has 1 aromatic rings.